The minimum Gasteiger partial charge on any atom is -0.496 e. The highest BCUT2D eigenvalue weighted by Crippen LogP contribution is 2.40. The van der Waals surface area contributed by atoms with E-state index in [1.54, 1.807) is 31.0 Å². The van der Waals surface area contributed by atoms with E-state index in [2.05, 4.69) is 15.9 Å². The van der Waals surface area contributed by atoms with Gasteiger partial charge >= 0.3 is 0 Å². The quantitative estimate of drug-likeness (QED) is 0.596. The van der Waals surface area contributed by atoms with E-state index in [0.29, 0.717) is 12.8 Å². The first-order valence-corrected chi connectivity index (χ1v) is 10.4. The molecule has 0 aliphatic carbocycles. The van der Waals surface area contributed by atoms with E-state index in [-0.39, 0.29) is 16.3 Å². The number of carbonyl (C=O) groups is 1. The Labute approximate surface area is 170 Å². The number of hydrogen-bond donors (Lipinski definition) is 0. The fourth-order valence-corrected chi connectivity index (χ4v) is 4.96. The number of halogens is 3. The van der Waals surface area contributed by atoms with E-state index >= 15 is 0 Å². The molecule has 1 aliphatic rings. The second-order valence-electron chi connectivity index (χ2n) is 5.95. The minimum atomic E-state index is -0.442. The SMILES string of the molecule is COc1ccc(C2SCCN2C(=O)CCc2ccc(F)c(Cl)c2)cc1Br. The van der Waals surface area contributed by atoms with Gasteiger partial charge in [0.1, 0.15) is 16.9 Å². The number of amides is 1. The molecule has 2 aromatic carbocycles. The monoisotopic (exact) mass is 457 g/mol. The Morgan fingerprint density at radius 2 is 2.19 bits per heavy atom. The summed E-state index contributed by atoms with van der Waals surface area (Å²) in [4.78, 5) is 14.6. The minimum absolute atomic E-state index is 0.00140. The van der Waals surface area contributed by atoms with Crippen LogP contribution in [0.1, 0.15) is 22.9 Å². The maximum atomic E-state index is 13.2. The molecule has 0 spiro atoms. The Bertz CT molecular complexity index is 820. The van der Waals surface area contributed by atoms with E-state index in [1.807, 2.05) is 23.1 Å². The van der Waals surface area contributed by atoms with Crippen LogP contribution in [0.5, 0.6) is 5.75 Å². The van der Waals surface area contributed by atoms with Crippen molar-refractivity contribution in [3.63, 3.8) is 0 Å². The Balaban J connectivity index is 1.68. The number of benzene rings is 2. The van der Waals surface area contributed by atoms with Gasteiger partial charge in [0.25, 0.3) is 0 Å². The highest BCUT2D eigenvalue weighted by molar-refractivity contribution is 9.10. The summed E-state index contributed by atoms with van der Waals surface area (Å²) in [5.74, 6) is 1.32. The molecule has 3 rings (SSSR count). The van der Waals surface area contributed by atoms with Gasteiger partial charge in [-0.2, -0.15) is 0 Å². The molecular weight excluding hydrogens is 441 g/mol. The van der Waals surface area contributed by atoms with Gasteiger partial charge in [-0.3, -0.25) is 4.79 Å². The van der Waals surface area contributed by atoms with Gasteiger partial charge in [-0.25, -0.2) is 4.39 Å². The molecule has 2 aromatic rings. The maximum Gasteiger partial charge on any atom is 0.224 e. The average molecular weight is 459 g/mol. The molecule has 1 unspecified atom stereocenters. The summed E-state index contributed by atoms with van der Waals surface area (Å²) in [6.07, 6.45) is 0.912. The molecule has 1 atom stereocenters. The second kappa shape index (κ2) is 8.63. The summed E-state index contributed by atoms with van der Waals surface area (Å²) in [6.45, 7) is 0.724. The van der Waals surface area contributed by atoms with Crippen molar-refractivity contribution in [2.45, 2.75) is 18.2 Å². The highest BCUT2D eigenvalue weighted by atomic mass is 79.9. The number of ether oxygens (including phenoxy) is 1. The molecule has 26 heavy (non-hydrogen) atoms. The van der Waals surface area contributed by atoms with Crippen molar-refractivity contribution in [3.8, 4) is 5.75 Å². The first-order chi connectivity index (χ1) is 12.5. The van der Waals surface area contributed by atoms with Gasteiger partial charge in [0.15, 0.2) is 0 Å². The van der Waals surface area contributed by atoms with E-state index in [4.69, 9.17) is 16.3 Å². The smallest absolute Gasteiger partial charge is 0.224 e. The van der Waals surface area contributed by atoms with Crippen molar-refractivity contribution in [2.75, 3.05) is 19.4 Å². The van der Waals surface area contributed by atoms with E-state index in [1.165, 1.54) is 6.07 Å². The maximum absolute atomic E-state index is 13.2. The van der Waals surface area contributed by atoms with E-state index in [0.717, 1.165) is 33.6 Å². The van der Waals surface area contributed by atoms with Crippen LogP contribution < -0.4 is 4.74 Å². The fraction of sp³-hybridized carbons (Fsp3) is 0.316. The third-order valence-electron chi connectivity index (χ3n) is 4.28. The number of thioether (sulfide) groups is 1. The molecule has 1 amide bonds. The average Bonchev–Trinajstić information content (AvgIpc) is 3.12. The Kier molecular flexibility index (Phi) is 6.48. The van der Waals surface area contributed by atoms with Gasteiger partial charge < -0.3 is 9.64 Å². The first kappa shape index (κ1) is 19.5. The van der Waals surface area contributed by atoms with Crippen LogP contribution >= 0.6 is 39.3 Å². The summed E-state index contributed by atoms with van der Waals surface area (Å²) in [5, 5.41) is 0.0918. The van der Waals surface area contributed by atoms with Gasteiger partial charge in [0.05, 0.1) is 16.6 Å². The summed E-state index contributed by atoms with van der Waals surface area (Å²) in [7, 11) is 1.63. The van der Waals surface area contributed by atoms with Gasteiger partial charge in [-0.05, 0) is 57.7 Å². The van der Waals surface area contributed by atoms with E-state index in [9.17, 15) is 9.18 Å². The topological polar surface area (TPSA) is 29.5 Å². The molecule has 0 saturated carbocycles. The zero-order valence-corrected chi connectivity index (χ0v) is 17.3. The third kappa shape index (κ3) is 4.35. The van der Waals surface area contributed by atoms with Crippen molar-refractivity contribution >= 4 is 45.2 Å². The lowest BCUT2D eigenvalue weighted by Crippen LogP contribution is -2.30. The molecule has 1 heterocycles. The number of rotatable bonds is 5. The second-order valence-corrected chi connectivity index (χ2v) is 8.40. The van der Waals surface area contributed by atoms with Crippen LogP contribution in [0, 0.1) is 5.82 Å². The number of hydrogen-bond acceptors (Lipinski definition) is 3. The molecule has 1 fully saturated rings. The van der Waals surface area contributed by atoms with Crippen molar-refractivity contribution in [3.05, 3.63) is 62.8 Å². The Morgan fingerprint density at radius 3 is 2.88 bits per heavy atom. The number of methoxy groups -OCH3 is 1. The first-order valence-electron chi connectivity index (χ1n) is 8.18. The number of carbonyl (C=O) groups excluding carboxylic acids is 1. The van der Waals surface area contributed by atoms with Crippen LogP contribution in [-0.4, -0.2) is 30.2 Å². The molecule has 1 aliphatic heterocycles. The molecule has 138 valence electrons. The van der Waals surface area contributed by atoms with Crippen molar-refractivity contribution in [1.82, 2.24) is 4.90 Å². The normalized spacial score (nSPS) is 16.8. The van der Waals surface area contributed by atoms with Gasteiger partial charge in [0.2, 0.25) is 5.91 Å². The third-order valence-corrected chi connectivity index (χ3v) is 6.45. The van der Waals surface area contributed by atoms with E-state index < -0.39 is 5.82 Å². The summed E-state index contributed by atoms with van der Waals surface area (Å²) in [6, 6.07) is 10.5. The Hall–Kier alpha value is -1.24. The molecule has 3 nitrogen and oxygen atoms in total. The molecule has 7 heteroatoms. The molecular formula is C19H18BrClFNO2S. The van der Waals surface area contributed by atoms with Crippen LogP contribution in [0.2, 0.25) is 5.02 Å². The lowest BCUT2D eigenvalue weighted by molar-refractivity contribution is -0.131. The van der Waals surface area contributed by atoms with Crippen molar-refractivity contribution < 1.29 is 13.9 Å². The van der Waals surface area contributed by atoms with Crippen molar-refractivity contribution in [1.29, 1.82) is 0 Å². The standard InChI is InChI=1S/C19H18BrClFNO2S/c1-25-17-6-4-13(11-14(17)20)19-23(8-9-26-19)18(24)7-3-12-2-5-16(22)15(21)10-12/h2,4-6,10-11,19H,3,7-9H2,1H3. The van der Waals surface area contributed by atoms with Crippen LogP contribution in [0.4, 0.5) is 4.39 Å². The Morgan fingerprint density at radius 1 is 1.38 bits per heavy atom. The summed E-state index contributed by atoms with van der Waals surface area (Å²) < 4.78 is 19.4. The number of nitrogens with zero attached hydrogens (tertiary/aromatic N) is 1. The van der Waals surface area contributed by atoms with Gasteiger partial charge in [0, 0.05) is 18.7 Å². The van der Waals surface area contributed by atoms with Crippen LogP contribution in [0.25, 0.3) is 0 Å². The van der Waals surface area contributed by atoms with Crippen molar-refractivity contribution in [2.24, 2.45) is 0 Å². The summed E-state index contributed by atoms with van der Waals surface area (Å²) in [5.41, 5.74) is 1.93. The predicted molar refractivity (Wildman–Crippen MR) is 107 cm³/mol. The predicted octanol–water partition coefficient (Wildman–Crippen LogP) is 5.46. The molecule has 0 radical (unpaired) electrons. The fourth-order valence-electron chi connectivity index (χ4n) is 2.93. The zero-order chi connectivity index (χ0) is 18.7. The van der Waals surface area contributed by atoms with Gasteiger partial charge in [-0.1, -0.05) is 23.7 Å². The molecule has 1 saturated heterocycles. The van der Waals surface area contributed by atoms with Crippen LogP contribution in [-0.2, 0) is 11.2 Å². The van der Waals surface area contributed by atoms with Crippen LogP contribution in [0.3, 0.4) is 0 Å². The summed E-state index contributed by atoms with van der Waals surface area (Å²) >= 11 is 11.1. The molecule has 0 N–H and O–H groups in total. The lowest BCUT2D eigenvalue weighted by atomic mass is 10.1. The van der Waals surface area contributed by atoms with Crippen LogP contribution in [0.15, 0.2) is 40.9 Å². The zero-order valence-electron chi connectivity index (χ0n) is 14.2. The highest BCUT2D eigenvalue weighted by Gasteiger charge is 2.30. The lowest BCUT2D eigenvalue weighted by Gasteiger charge is -2.24. The largest absolute Gasteiger partial charge is 0.496 e. The molecule has 0 aromatic heterocycles. The molecule has 0 bridgehead atoms. The van der Waals surface area contributed by atoms with Gasteiger partial charge in [-0.15, -0.1) is 11.8 Å². The number of aryl methyl sites for hydroxylation is 1.